The number of carboxylic acids is 1. The van der Waals surface area contributed by atoms with Crippen LogP contribution in [0.1, 0.15) is 40.6 Å². The number of rotatable bonds is 6. The third-order valence-electron chi connectivity index (χ3n) is 3.80. The number of ether oxygens (including phenoxy) is 1. The van der Waals surface area contributed by atoms with Gasteiger partial charge in [0, 0.05) is 33.2 Å². The molecule has 0 bridgehead atoms. The molecule has 0 aromatic carbocycles. The Balaban J connectivity index is 1.96. The molecule has 118 valence electrons. The molecule has 2 heterocycles. The number of carbonyl (C=O) groups is 1. The van der Waals surface area contributed by atoms with Crippen LogP contribution >= 0.6 is 11.3 Å². The number of carboxylic acid groups (broad SMARTS) is 1. The second-order valence-electron chi connectivity index (χ2n) is 6.08. The molecule has 2 unspecified atom stereocenters. The van der Waals surface area contributed by atoms with Gasteiger partial charge in [-0.3, -0.25) is 0 Å². The predicted octanol–water partition coefficient (Wildman–Crippen LogP) is 2.51. The smallest absolute Gasteiger partial charge is 0.347 e. The Morgan fingerprint density at radius 2 is 2.10 bits per heavy atom. The molecule has 1 saturated heterocycles. The van der Waals surface area contributed by atoms with Gasteiger partial charge >= 0.3 is 5.97 Å². The van der Waals surface area contributed by atoms with Crippen molar-refractivity contribution in [2.45, 2.75) is 33.3 Å². The lowest BCUT2D eigenvalue weighted by Gasteiger charge is -2.34. The summed E-state index contributed by atoms with van der Waals surface area (Å²) >= 11 is 1.28. The zero-order valence-corrected chi connectivity index (χ0v) is 13.8. The van der Waals surface area contributed by atoms with Crippen LogP contribution in [0.4, 0.5) is 0 Å². The van der Waals surface area contributed by atoms with Crippen molar-refractivity contribution < 1.29 is 14.6 Å². The number of piperidine rings is 1. The molecule has 1 N–H and O–H groups in total. The maximum atomic E-state index is 11.2. The maximum Gasteiger partial charge on any atom is 0.347 e. The van der Waals surface area contributed by atoms with E-state index in [1.54, 1.807) is 7.11 Å². The summed E-state index contributed by atoms with van der Waals surface area (Å²) in [4.78, 5) is 18.4. The number of hydrogen-bond donors (Lipinski definition) is 1. The summed E-state index contributed by atoms with van der Waals surface area (Å²) in [6.45, 7) is 8.07. The Hall–Kier alpha value is -0.980. The first kappa shape index (κ1) is 16.4. The van der Waals surface area contributed by atoms with Crippen molar-refractivity contribution in [3.8, 4) is 0 Å². The summed E-state index contributed by atoms with van der Waals surface area (Å²) in [7, 11) is 1.56. The lowest BCUT2D eigenvalue weighted by Crippen LogP contribution is -2.39. The molecular formula is C15H24N2O3S. The molecule has 0 radical (unpaired) electrons. The standard InChI is InChI=1S/C15H24N2O3S/c1-10-6-11(2)8-17(7-10)5-4-13-16-12(9-20-3)14(21-13)15(18)19/h10-11H,4-9H2,1-3H3,(H,18,19). The van der Waals surface area contributed by atoms with Gasteiger partial charge in [0.1, 0.15) is 4.88 Å². The molecule has 0 aliphatic carbocycles. The van der Waals surface area contributed by atoms with Gasteiger partial charge in [0.05, 0.1) is 17.3 Å². The SMILES string of the molecule is COCc1nc(CCN2CC(C)CC(C)C2)sc1C(=O)O. The number of likely N-dealkylation sites (tertiary alicyclic amines) is 1. The molecule has 1 fully saturated rings. The fraction of sp³-hybridized carbons (Fsp3) is 0.733. The van der Waals surface area contributed by atoms with Crippen LogP contribution in [0.25, 0.3) is 0 Å². The fourth-order valence-electron chi connectivity index (χ4n) is 3.14. The summed E-state index contributed by atoms with van der Waals surface area (Å²) in [5.74, 6) is 0.568. The highest BCUT2D eigenvalue weighted by Crippen LogP contribution is 2.23. The van der Waals surface area contributed by atoms with E-state index in [2.05, 4.69) is 23.7 Å². The first-order valence-electron chi connectivity index (χ1n) is 7.42. The van der Waals surface area contributed by atoms with Crippen molar-refractivity contribution >= 4 is 17.3 Å². The van der Waals surface area contributed by atoms with Gasteiger partial charge in [0.15, 0.2) is 0 Å². The molecule has 0 amide bonds. The molecule has 21 heavy (non-hydrogen) atoms. The third kappa shape index (κ3) is 4.49. The minimum atomic E-state index is -0.911. The minimum absolute atomic E-state index is 0.260. The lowest BCUT2D eigenvalue weighted by atomic mass is 9.92. The summed E-state index contributed by atoms with van der Waals surface area (Å²) in [6.07, 6.45) is 2.11. The van der Waals surface area contributed by atoms with Crippen molar-refractivity contribution in [2.75, 3.05) is 26.7 Å². The Kier molecular flexibility index (Phi) is 5.72. The Morgan fingerprint density at radius 1 is 1.43 bits per heavy atom. The molecule has 2 atom stereocenters. The molecule has 1 aromatic heterocycles. The average Bonchev–Trinajstić information content (AvgIpc) is 2.79. The second kappa shape index (κ2) is 7.33. The van der Waals surface area contributed by atoms with Gasteiger partial charge in [-0.15, -0.1) is 11.3 Å². The Labute approximate surface area is 129 Å². The minimum Gasteiger partial charge on any atom is -0.477 e. The van der Waals surface area contributed by atoms with Gasteiger partial charge in [-0.05, 0) is 18.3 Å². The monoisotopic (exact) mass is 312 g/mol. The van der Waals surface area contributed by atoms with E-state index in [1.165, 1.54) is 17.8 Å². The van der Waals surface area contributed by atoms with Gasteiger partial charge in [-0.25, -0.2) is 9.78 Å². The molecule has 0 spiro atoms. The van der Waals surface area contributed by atoms with Crippen molar-refractivity contribution in [3.05, 3.63) is 15.6 Å². The third-order valence-corrected chi connectivity index (χ3v) is 4.95. The molecule has 5 nitrogen and oxygen atoms in total. The van der Waals surface area contributed by atoms with E-state index in [9.17, 15) is 9.90 Å². The van der Waals surface area contributed by atoms with Gasteiger partial charge < -0.3 is 14.7 Å². The van der Waals surface area contributed by atoms with Crippen LogP contribution in [-0.2, 0) is 17.8 Å². The highest BCUT2D eigenvalue weighted by Gasteiger charge is 2.22. The Morgan fingerprint density at radius 3 is 2.67 bits per heavy atom. The number of methoxy groups -OCH3 is 1. The summed E-state index contributed by atoms with van der Waals surface area (Å²) in [5, 5.41) is 10.1. The highest BCUT2D eigenvalue weighted by atomic mass is 32.1. The molecular weight excluding hydrogens is 288 g/mol. The topological polar surface area (TPSA) is 62.7 Å². The van der Waals surface area contributed by atoms with Crippen LogP contribution in [0, 0.1) is 11.8 Å². The molecule has 1 aliphatic rings. The van der Waals surface area contributed by atoms with Crippen LogP contribution in [-0.4, -0.2) is 47.7 Å². The fourth-order valence-corrected chi connectivity index (χ4v) is 4.03. The van der Waals surface area contributed by atoms with Crippen LogP contribution < -0.4 is 0 Å². The van der Waals surface area contributed by atoms with Crippen molar-refractivity contribution in [1.29, 1.82) is 0 Å². The number of hydrogen-bond acceptors (Lipinski definition) is 5. The van der Waals surface area contributed by atoms with Gasteiger partial charge in [-0.1, -0.05) is 13.8 Å². The summed E-state index contributed by atoms with van der Waals surface area (Å²) in [5.41, 5.74) is 0.547. The molecule has 1 aromatic rings. The van der Waals surface area contributed by atoms with Crippen molar-refractivity contribution in [3.63, 3.8) is 0 Å². The van der Waals surface area contributed by atoms with E-state index in [4.69, 9.17) is 4.74 Å². The van der Waals surface area contributed by atoms with Gasteiger partial charge in [0.2, 0.25) is 0 Å². The van der Waals surface area contributed by atoms with E-state index < -0.39 is 5.97 Å². The molecule has 2 rings (SSSR count). The van der Waals surface area contributed by atoms with E-state index in [0.29, 0.717) is 10.6 Å². The second-order valence-corrected chi connectivity index (χ2v) is 7.16. The van der Waals surface area contributed by atoms with Crippen LogP contribution in [0.15, 0.2) is 0 Å². The summed E-state index contributed by atoms with van der Waals surface area (Å²) in [6, 6.07) is 0. The van der Waals surface area contributed by atoms with Gasteiger partial charge in [0.25, 0.3) is 0 Å². The predicted molar refractivity (Wildman–Crippen MR) is 82.9 cm³/mol. The number of aromatic nitrogens is 1. The van der Waals surface area contributed by atoms with E-state index in [0.717, 1.165) is 42.9 Å². The molecule has 0 saturated carbocycles. The normalized spacial score (nSPS) is 23.4. The average molecular weight is 312 g/mol. The molecule has 6 heteroatoms. The summed E-state index contributed by atoms with van der Waals surface area (Å²) < 4.78 is 5.03. The largest absolute Gasteiger partial charge is 0.477 e. The van der Waals surface area contributed by atoms with Crippen molar-refractivity contribution in [1.82, 2.24) is 9.88 Å². The van der Waals surface area contributed by atoms with E-state index in [-0.39, 0.29) is 6.61 Å². The lowest BCUT2D eigenvalue weighted by molar-refractivity contribution is 0.0697. The van der Waals surface area contributed by atoms with E-state index in [1.807, 2.05) is 0 Å². The van der Waals surface area contributed by atoms with Crippen LogP contribution in [0.3, 0.4) is 0 Å². The van der Waals surface area contributed by atoms with Crippen LogP contribution in [0.2, 0.25) is 0 Å². The maximum absolute atomic E-state index is 11.2. The zero-order valence-electron chi connectivity index (χ0n) is 13.0. The number of thiazole rings is 1. The quantitative estimate of drug-likeness (QED) is 0.874. The molecule has 1 aliphatic heterocycles. The van der Waals surface area contributed by atoms with E-state index >= 15 is 0 Å². The number of nitrogens with zero attached hydrogens (tertiary/aromatic N) is 2. The Bertz CT molecular complexity index is 479. The van der Waals surface area contributed by atoms with Gasteiger partial charge in [-0.2, -0.15) is 0 Å². The van der Waals surface area contributed by atoms with Crippen LogP contribution in [0.5, 0.6) is 0 Å². The number of aromatic carboxylic acids is 1. The van der Waals surface area contributed by atoms with Crippen molar-refractivity contribution in [2.24, 2.45) is 11.8 Å². The first-order chi connectivity index (χ1) is 9.99. The highest BCUT2D eigenvalue weighted by molar-refractivity contribution is 7.13. The zero-order chi connectivity index (χ0) is 15.4. The first-order valence-corrected chi connectivity index (χ1v) is 8.24.